The number of aromatic nitrogens is 4. The molecule has 2 aromatic heterocycles. The van der Waals surface area contributed by atoms with Gasteiger partial charge in [0.15, 0.2) is 0 Å². The highest BCUT2D eigenvalue weighted by molar-refractivity contribution is 5.57. The Bertz CT molecular complexity index is 890. The number of rotatable bonds is 6. The molecule has 0 radical (unpaired) electrons. The Balaban J connectivity index is 1.47. The van der Waals surface area contributed by atoms with E-state index in [1.807, 2.05) is 49.5 Å². The minimum Gasteiger partial charge on any atom is -0.385 e. The van der Waals surface area contributed by atoms with Gasteiger partial charge >= 0.3 is 0 Å². The lowest BCUT2D eigenvalue weighted by Gasteiger charge is -2.36. The molecule has 1 fully saturated rings. The molecule has 1 aliphatic rings. The van der Waals surface area contributed by atoms with E-state index in [0.29, 0.717) is 25.6 Å². The highest BCUT2D eigenvalue weighted by atomic mass is 16.5. The van der Waals surface area contributed by atoms with Crippen molar-refractivity contribution < 1.29 is 9.84 Å². The van der Waals surface area contributed by atoms with Gasteiger partial charge in [0.05, 0.1) is 30.3 Å². The molecule has 3 heterocycles. The van der Waals surface area contributed by atoms with Crippen LogP contribution in [0.1, 0.15) is 17.7 Å². The number of anilines is 2. The van der Waals surface area contributed by atoms with Crippen LogP contribution in [0, 0.1) is 6.92 Å². The minimum absolute atomic E-state index is 0.415. The number of hydrogen-bond donors (Lipinski definition) is 2. The number of hydrogen-bond acceptors (Lipinski definition) is 6. The van der Waals surface area contributed by atoms with Crippen LogP contribution in [0.4, 0.5) is 11.6 Å². The van der Waals surface area contributed by atoms with E-state index in [-0.39, 0.29) is 0 Å². The van der Waals surface area contributed by atoms with E-state index in [0.717, 1.165) is 29.1 Å². The molecule has 3 aromatic rings. The van der Waals surface area contributed by atoms with Crippen LogP contribution in [-0.2, 0) is 11.2 Å². The van der Waals surface area contributed by atoms with Gasteiger partial charge in [0.2, 0.25) is 5.95 Å². The Kier molecular flexibility index (Phi) is 4.40. The van der Waals surface area contributed by atoms with Gasteiger partial charge < -0.3 is 15.2 Å². The molecule has 0 aliphatic carbocycles. The van der Waals surface area contributed by atoms with Crippen LogP contribution in [0.2, 0.25) is 0 Å². The smallest absolute Gasteiger partial charge is 0.247 e. The first-order valence-electron chi connectivity index (χ1n) is 8.61. The fourth-order valence-electron chi connectivity index (χ4n) is 2.84. The summed E-state index contributed by atoms with van der Waals surface area (Å²) < 4.78 is 6.81. The van der Waals surface area contributed by atoms with Crippen molar-refractivity contribution in [3.63, 3.8) is 0 Å². The number of aryl methyl sites for hydroxylation is 2. The summed E-state index contributed by atoms with van der Waals surface area (Å²) in [7, 11) is 0. The van der Waals surface area contributed by atoms with Crippen molar-refractivity contribution in [1.82, 2.24) is 19.7 Å². The maximum Gasteiger partial charge on any atom is 0.247 e. The summed E-state index contributed by atoms with van der Waals surface area (Å²) >= 11 is 0. The lowest BCUT2D eigenvalue weighted by Crippen LogP contribution is -2.49. The molecule has 0 unspecified atom stereocenters. The minimum atomic E-state index is -0.686. The van der Waals surface area contributed by atoms with Gasteiger partial charge in [-0.2, -0.15) is 4.98 Å². The van der Waals surface area contributed by atoms with Crippen LogP contribution >= 0.6 is 0 Å². The van der Waals surface area contributed by atoms with Crippen molar-refractivity contribution in [1.29, 1.82) is 0 Å². The summed E-state index contributed by atoms with van der Waals surface area (Å²) in [5.41, 5.74) is 3.06. The maximum absolute atomic E-state index is 10.2. The fraction of sp³-hybridized carbons (Fsp3) is 0.316. The Labute approximate surface area is 151 Å². The van der Waals surface area contributed by atoms with Crippen LogP contribution in [0.3, 0.4) is 0 Å². The number of aliphatic hydroxyl groups is 1. The zero-order chi connectivity index (χ0) is 18.0. The average molecular weight is 351 g/mol. The molecule has 1 saturated heterocycles. The largest absolute Gasteiger partial charge is 0.385 e. The van der Waals surface area contributed by atoms with Gasteiger partial charge in [0.1, 0.15) is 11.9 Å². The van der Waals surface area contributed by atoms with Crippen LogP contribution < -0.4 is 5.32 Å². The molecule has 1 aromatic carbocycles. The normalized spacial score (nSPS) is 15.5. The molecule has 0 saturated carbocycles. The van der Waals surface area contributed by atoms with Crippen LogP contribution in [0.5, 0.6) is 0 Å². The highest BCUT2D eigenvalue weighted by Gasteiger charge is 2.35. The van der Waals surface area contributed by atoms with Gasteiger partial charge in [-0.3, -0.25) is 4.98 Å². The molecule has 0 atom stereocenters. The Morgan fingerprint density at radius 2 is 2.04 bits per heavy atom. The predicted molar refractivity (Wildman–Crippen MR) is 97.7 cm³/mol. The van der Waals surface area contributed by atoms with Crippen molar-refractivity contribution in [2.45, 2.75) is 25.4 Å². The van der Waals surface area contributed by atoms with Gasteiger partial charge in [0.25, 0.3) is 0 Å². The Morgan fingerprint density at radius 1 is 1.23 bits per heavy atom. The summed E-state index contributed by atoms with van der Waals surface area (Å²) in [6, 6.07) is 11.9. The second-order valence-corrected chi connectivity index (χ2v) is 6.67. The van der Waals surface area contributed by atoms with Gasteiger partial charge in [-0.1, -0.05) is 18.2 Å². The average Bonchev–Trinajstić information content (AvgIpc) is 3.10. The first-order chi connectivity index (χ1) is 12.6. The first kappa shape index (κ1) is 16.7. The molecule has 0 bridgehead atoms. The summed E-state index contributed by atoms with van der Waals surface area (Å²) in [5, 5.41) is 17.9. The predicted octanol–water partition coefficient (Wildman–Crippen LogP) is 2.41. The van der Waals surface area contributed by atoms with Crippen molar-refractivity contribution in [3.05, 3.63) is 60.2 Å². The molecular formula is C19H21N5O2. The molecule has 7 heteroatoms. The third kappa shape index (κ3) is 3.58. The number of nitrogens with zero attached hydrogens (tertiary/aromatic N) is 4. The van der Waals surface area contributed by atoms with Crippen LogP contribution in [0.15, 0.2) is 48.9 Å². The van der Waals surface area contributed by atoms with E-state index in [9.17, 15) is 5.11 Å². The van der Waals surface area contributed by atoms with E-state index in [2.05, 4.69) is 20.4 Å². The monoisotopic (exact) mass is 351 g/mol. The fourth-order valence-corrected chi connectivity index (χ4v) is 2.84. The molecule has 26 heavy (non-hydrogen) atoms. The number of ether oxygens (including phenoxy) is 1. The van der Waals surface area contributed by atoms with Crippen molar-refractivity contribution in [2.75, 3.05) is 18.5 Å². The number of benzene rings is 1. The van der Waals surface area contributed by atoms with Crippen molar-refractivity contribution in [2.24, 2.45) is 0 Å². The second kappa shape index (κ2) is 6.86. The molecule has 2 N–H and O–H groups in total. The topological polar surface area (TPSA) is 85.1 Å². The van der Waals surface area contributed by atoms with E-state index < -0.39 is 5.60 Å². The lowest BCUT2D eigenvalue weighted by atomic mass is 9.94. The number of pyridine rings is 1. The standard InChI is InChI=1S/C19H21N5O2/c1-14-17(9-15(10-20-14)7-8-19(25)11-26-12-19)22-18-21-13-24(23-18)16-5-3-2-4-6-16/h2-6,9-10,13,25H,7-8,11-12H2,1H3,(H,22,23). The van der Waals surface area contributed by atoms with Gasteiger partial charge in [-0.15, -0.1) is 5.10 Å². The summed E-state index contributed by atoms with van der Waals surface area (Å²) in [6.45, 7) is 2.77. The second-order valence-electron chi connectivity index (χ2n) is 6.67. The zero-order valence-corrected chi connectivity index (χ0v) is 14.6. The summed E-state index contributed by atoms with van der Waals surface area (Å²) in [6.07, 6.45) is 4.93. The Morgan fingerprint density at radius 3 is 2.77 bits per heavy atom. The number of nitrogens with one attached hydrogen (secondary N) is 1. The van der Waals surface area contributed by atoms with Crippen molar-refractivity contribution >= 4 is 11.6 Å². The Hall–Kier alpha value is -2.77. The number of para-hydroxylation sites is 1. The van der Waals surface area contributed by atoms with Gasteiger partial charge in [0, 0.05) is 6.20 Å². The van der Waals surface area contributed by atoms with Gasteiger partial charge in [-0.25, -0.2) is 4.68 Å². The van der Waals surface area contributed by atoms with E-state index >= 15 is 0 Å². The third-order valence-electron chi connectivity index (χ3n) is 4.52. The van der Waals surface area contributed by atoms with Gasteiger partial charge in [-0.05, 0) is 43.5 Å². The molecule has 0 amide bonds. The molecule has 7 nitrogen and oxygen atoms in total. The SMILES string of the molecule is Cc1ncc(CCC2(O)COC2)cc1Nc1ncn(-c2ccccc2)n1. The van der Waals surface area contributed by atoms with Crippen molar-refractivity contribution in [3.8, 4) is 5.69 Å². The highest BCUT2D eigenvalue weighted by Crippen LogP contribution is 2.25. The first-order valence-corrected chi connectivity index (χ1v) is 8.61. The summed E-state index contributed by atoms with van der Waals surface area (Å²) in [4.78, 5) is 8.77. The van der Waals surface area contributed by atoms with E-state index in [4.69, 9.17) is 4.74 Å². The lowest BCUT2D eigenvalue weighted by molar-refractivity contribution is -0.180. The maximum atomic E-state index is 10.2. The van der Waals surface area contributed by atoms with E-state index in [1.165, 1.54) is 0 Å². The molecule has 4 rings (SSSR count). The quantitative estimate of drug-likeness (QED) is 0.709. The molecule has 134 valence electrons. The molecule has 1 aliphatic heterocycles. The van der Waals surface area contributed by atoms with E-state index in [1.54, 1.807) is 11.0 Å². The third-order valence-corrected chi connectivity index (χ3v) is 4.52. The zero-order valence-electron chi connectivity index (χ0n) is 14.6. The molecule has 0 spiro atoms. The van der Waals surface area contributed by atoms with Crippen LogP contribution in [-0.4, -0.2) is 43.7 Å². The summed E-state index contributed by atoms with van der Waals surface area (Å²) in [5.74, 6) is 0.516. The van der Waals surface area contributed by atoms with Crippen LogP contribution in [0.25, 0.3) is 5.69 Å². The molecular weight excluding hydrogens is 330 g/mol.